The molecule has 2 N–H and O–H groups in total. The van der Waals surface area contributed by atoms with E-state index in [9.17, 15) is 4.39 Å². The summed E-state index contributed by atoms with van der Waals surface area (Å²) in [5.41, 5.74) is 8.78. The molecule has 1 aromatic heterocycles. The van der Waals surface area contributed by atoms with Crippen LogP contribution in [0.3, 0.4) is 0 Å². The molecule has 1 heterocycles. The van der Waals surface area contributed by atoms with Gasteiger partial charge < -0.3 is 5.73 Å². The average molecular weight is 276 g/mol. The van der Waals surface area contributed by atoms with E-state index < -0.39 is 0 Å². The standard InChI is InChI=1S/C15H17FN2S/c1-9-5-11(7-12(16)6-9)15-18-14-10(8-17)3-2-4-13(14)19-15/h5-7,10H,2-4,8,17H2,1H3. The van der Waals surface area contributed by atoms with Crippen LogP contribution in [0, 0.1) is 12.7 Å². The van der Waals surface area contributed by atoms with Crippen molar-refractivity contribution in [2.45, 2.75) is 32.1 Å². The molecule has 4 heteroatoms. The molecule has 1 unspecified atom stereocenters. The van der Waals surface area contributed by atoms with Crippen LogP contribution in [0.1, 0.15) is 34.9 Å². The summed E-state index contributed by atoms with van der Waals surface area (Å²) in [5, 5.41) is 0.924. The minimum atomic E-state index is -0.196. The van der Waals surface area contributed by atoms with Crippen LogP contribution in [0.5, 0.6) is 0 Å². The molecule has 1 atom stereocenters. The van der Waals surface area contributed by atoms with Gasteiger partial charge in [0.15, 0.2) is 0 Å². The van der Waals surface area contributed by atoms with Crippen LogP contribution in [-0.2, 0) is 6.42 Å². The van der Waals surface area contributed by atoms with E-state index in [0.717, 1.165) is 34.7 Å². The minimum Gasteiger partial charge on any atom is -0.330 e. The van der Waals surface area contributed by atoms with Crippen molar-refractivity contribution in [3.05, 3.63) is 40.2 Å². The van der Waals surface area contributed by atoms with E-state index in [4.69, 9.17) is 10.7 Å². The third-order valence-electron chi connectivity index (χ3n) is 3.64. The quantitative estimate of drug-likeness (QED) is 0.909. The first-order valence-electron chi connectivity index (χ1n) is 6.64. The van der Waals surface area contributed by atoms with E-state index in [1.807, 2.05) is 13.0 Å². The fraction of sp³-hybridized carbons (Fsp3) is 0.400. The van der Waals surface area contributed by atoms with Gasteiger partial charge in [0.25, 0.3) is 0 Å². The molecule has 1 aliphatic carbocycles. The molecular weight excluding hydrogens is 259 g/mol. The van der Waals surface area contributed by atoms with Gasteiger partial charge in [-0.25, -0.2) is 9.37 Å². The second-order valence-electron chi connectivity index (χ2n) is 5.17. The van der Waals surface area contributed by atoms with Crippen LogP contribution in [0.4, 0.5) is 4.39 Å². The van der Waals surface area contributed by atoms with Crippen molar-refractivity contribution in [3.63, 3.8) is 0 Å². The molecule has 0 spiro atoms. The molecule has 2 aromatic rings. The number of thiazole rings is 1. The maximum atomic E-state index is 13.5. The SMILES string of the molecule is Cc1cc(F)cc(-c2nc3c(s2)CCCC3CN)c1. The Bertz CT molecular complexity index is 586. The van der Waals surface area contributed by atoms with Crippen LogP contribution in [-0.4, -0.2) is 11.5 Å². The van der Waals surface area contributed by atoms with Gasteiger partial charge in [-0.15, -0.1) is 11.3 Å². The Balaban J connectivity index is 2.04. The number of benzene rings is 1. The maximum absolute atomic E-state index is 13.5. The zero-order chi connectivity index (χ0) is 13.4. The highest BCUT2D eigenvalue weighted by Gasteiger charge is 2.24. The second-order valence-corrected chi connectivity index (χ2v) is 6.25. The predicted octanol–water partition coefficient (Wildman–Crippen LogP) is 3.64. The number of fused-ring (bicyclic) bond motifs is 1. The van der Waals surface area contributed by atoms with E-state index in [0.29, 0.717) is 12.5 Å². The highest BCUT2D eigenvalue weighted by atomic mass is 32.1. The number of aromatic nitrogens is 1. The highest BCUT2D eigenvalue weighted by Crippen LogP contribution is 2.38. The van der Waals surface area contributed by atoms with E-state index in [-0.39, 0.29) is 5.82 Å². The van der Waals surface area contributed by atoms with Crippen molar-refractivity contribution >= 4 is 11.3 Å². The first kappa shape index (κ1) is 12.8. The molecule has 3 rings (SSSR count). The molecule has 0 amide bonds. The normalized spacial score (nSPS) is 18.4. The summed E-state index contributed by atoms with van der Waals surface area (Å²) in [6.07, 6.45) is 3.38. The van der Waals surface area contributed by atoms with Gasteiger partial charge in [-0.1, -0.05) is 0 Å². The Kier molecular flexibility index (Phi) is 3.37. The summed E-state index contributed by atoms with van der Waals surface area (Å²) >= 11 is 1.69. The number of nitrogens with zero attached hydrogens (tertiary/aromatic N) is 1. The van der Waals surface area contributed by atoms with Crippen LogP contribution >= 0.6 is 11.3 Å². The number of hydrogen-bond acceptors (Lipinski definition) is 3. The molecule has 0 aliphatic heterocycles. The maximum Gasteiger partial charge on any atom is 0.124 e. The van der Waals surface area contributed by atoms with Crippen molar-refractivity contribution in [2.24, 2.45) is 5.73 Å². The van der Waals surface area contributed by atoms with Crippen molar-refractivity contribution in [1.29, 1.82) is 0 Å². The zero-order valence-electron chi connectivity index (χ0n) is 10.9. The third kappa shape index (κ3) is 2.42. The van der Waals surface area contributed by atoms with Crippen LogP contribution in [0.15, 0.2) is 18.2 Å². The van der Waals surface area contributed by atoms with E-state index >= 15 is 0 Å². The van der Waals surface area contributed by atoms with E-state index in [1.165, 1.54) is 11.3 Å². The van der Waals surface area contributed by atoms with Gasteiger partial charge in [-0.3, -0.25) is 0 Å². The molecule has 2 nitrogen and oxygen atoms in total. The van der Waals surface area contributed by atoms with Gasteiger partial charge in [0, 0.05) is 22.9 Å². The lowest BCUT2D eigenvalue weighted by atomic mass is 9.91. The Morgan fingerprint density at radius 1 is 1.42 bits per heavy atom. The Morgan fingerprint density at radius 2 is 2.26 bits per heavy atom. The van der Waals surface area contributed by atoms with E-state index in [2.05, 4.69) is 0 Å². The van der Waals surface area contributed by atoms with Crippen LogP contribution < -0.4 is 5.73 Å². The van der Waals surface area contributed by atoms with Crippen LogP contribution in [0.2, 0.25) is 0 Å². The lowest BCUT2D eigenvalue weighted by Gasteiger charge is -2.18. The fourth-order valence-corrected chi connectivity index (χ4v) is 3.90. The Hall–Kier alpha value is -1.26. The molecule has 0 fully saturated rings. The Labute approximate surface area is 116 Å². The summed E-state index contributed by atoms with van der Waals surface area (Å²) in [7, 11) is 0. The van der Waals surface area contributed by atoms with Gasteiger partial charge in [-0.05, 0) is 49.9 Å². The molecule has 1 aromatic carbocycles. The van der Waals surface area contributed by atoms with Crippen molar-refractivity contribution < 1.29 is 4.39 Å². The smallest absolute Gasteiger partial charge is 0.124 e. The van der Waals surface area contributed by atoms with Crippen molar-refractivity contribution in [2.75, 3.05) is 6.54 Å². The first-order valence-corrected chi connectivity index (χ1v) is 7.46. The highest BCUT2D eigenvalue weighted by molar-refractivity contribution is 7.15. The molecular formula is C15H17FN2S. The topological polar surface area (TPSA) is 38.9 Å². The largest absolute Gasteiger partial charge is 0.330 e. The number of aryl methyl sites for hydroxylation is 2. The predicted molar refractivity (Wildman–Crippen MR) is 77.0 cm³/mol. The molecule has 100 valence electrons. The number of halogens is 1. The van der Waals surface area contributed by atoms with Gasteiger partial charge >= 0.3 is 0 Å². The lowest BCUT2D eigenvalue weighted by molar-refractivity contribution is 0.554. The fourth-order valence-electron chi connectivity index (χ4n) is 2.72. The third-order valence-corrected chi connectivity index (χ3v) is 4.82. The van der Waals surface area contributed by atoms with Gasteiger partial charge in [0.05, 0.1) is 5.69 Å². The second kappa shape index (κ2) is 5.02. The molecule has 1 aliphatic rings. The van der Waals surface area contributed by atoms with Crippen molar-refractivity contribution in [3.8, 4) is 10.6 Å². The van der Waals surface area contributed by atoms with Crippen molar-refractivity contribution in [1.82, 2.24) is 4.98 Å². The molecule has 0 radical (unpaired) electrons. The summed E-state index contributed by atoms with van der Waals surface area (Å²) < 4.78 is 13.5. The zero-order valence-corrected chi connectivity index (χ0v) is 11.8. The van der Waals surface area contributed by atoms with Crippen LogP contribution in [0.25, 0.3) is 10.6 Å². The first-order chi connectivity index (χ1) is 9.17. The summed E-state index contributed by atoms with van der Waals surface area (Å²) in [4.78, 5) is 6.06. The molecule has 0 saturated heterocycles. The molecule has 0 saturated carbocycles. The summed E-state index contributed by atoms with van der Waals surface area (Å²) in [5.74, 6) is 0.182. The number of hydrogen-bond donors (Lipinski definition) is 1. The van der Waals surface area contributed by atoms with Gasteiger partial charge in [-0.2, -0.15) is 0 Å². The molecule has 0 bridgehead atoms. The van der Waals surface area contributed by atoms with E-state index in [1.54, 1.807) is 23.5 Å². The monoisotopic (exact) mass is 276 g/mol. The minimum absolute atomic E-state index is 0.196. The number of rotatable bonds is 2. The molecule has 19 heavy (non-hydrogen) atoms. The Morgan fingerprint density at radius 3 is 3.00 bits per heavy atom. The van der Waals surface area contributed by atoms with Gasteiger partial charge in [0.1, 0.15) is 10.8 Å². The summed E-state index contributed by atoms with van der Waals surface area (Å²) in [6.45, 7) is 2.56. The lowest BCUT2D eigenvalue weighted by Crippen LogP contribution is -2.17. The summed E-state index contributed by atoms with van der Waals surface area (Å²) in [6, 6.07) is 5.10. The number of nitrogens with two attached hydrogens (primary N) is 1. The van der Waals surface area contributed by atoms with Gasteiger partial charge in [0.2, 0.25) is 0 Å². The average Bonchev–Trinajstić information content (AvgIpc) is 2.81.